The van der Waals surface area contributed by atoms with Crippen molar-refractivity contribution in [3.05, 3.63) is 18.2 Å². The molecule has 1 aromatic rings. The van der Waals surface area contributed by atoms with Crippen LogP contribution >= 0.6 is 0 Å². The Hall–Kier alpha value is -1.96. The standard InChI is InChI=1S/C19H27NO6S/c1-24-16-8-5-9-17(25-2)19(16)26-12-18(21)20(14-6-3-4-7-14)15-10-11-27(22,23)13-15/h5,8-9,14-15H,3-4,6-7,10-13H2,1-2H3. The molecular weight excluding hydrogens is 370 g/mol. The van der Waals surface area contributed by atoms with Crippen LogP contribution < -0.4 is 14.2 Å². The van der Waals surface area contributed by atoms with Gasteiger partial charge in [-0.1, -0.05) is 18.9 Å². The van der Waals surface area contributed by atoms with Gasteiger partial charge in [-0.3, -0.25) is 4.79 Å². The zero-order chi connectivity index (χ0) is 19.4. The van der Waals surface area contributed by atoms with E-state index in [4.69, 9.17) is 14.2 Å². The Morgan fingerprint density at radius 2 is 1.70 bits per heavy atom. The minimum absolute atomic E-state index is 0.0488. The van der Waals surface area contributed by atoms with Crippen molar-refractivity contribution in [2.75, 3.05) is 32.3 Å². The molecule has 3 rings (SSSR count). The van der Waals surface area contributed by atoms with Gasteiger partial charge in [0.05, 0.1) is 25.7 Å². The number of ether oxygens (including phenoxy) is 3. The van der Waals surface area contributed by atoms with E-state index >= 15 is 0 Å². The van der Waals surface area contributed by atoms with Crippen LogP contribution in [0.15, 0.2) is 18.2 Å². The maximum atomic E-state index is 13.0. The highest BCUT2D eigenvalue weighted by Gasteiger charge is 2.39. The molecular formula is C19H27NO6S. The quantitative estimate of drug-likeness (QED) is 0.700. The minimum atomic E-state index is -3.07. The summed E-state index contributed by atoms with van der Waals surface area (Å²) in [5.74, 6) is 1.36. The normalized spacial score (nSPS) is 21.8. The largest absolute Gasteiger partial charge is 0.493 e. The molecule has 0 spiro atoms. The number of rotatable bonds is 7. The molecule has 8 heteroatoms. The summed E-state index contributed by atoms with van der Waals surface area (Å²) in [6.45, 7) is -0.177. The first kappa shape index (κ1) is 19.8. The van der Waals surface area contributed by atoms with Gasteiger partial charge in [0.25, 0.3) is 5.91 Å². The van der Waals surface area contributed by atoms with E-state index in [0.717, 1.165) is 25.7 Å². The second-order valence-corrected chi connectivity index (χ2v) is 9.31. The molecule has 1 aliphatic heterocycles. The molecule has 1 saturated carbocycles. The summed E-state index contributed by atoms with van der Waals surface area (Å²) >= 11 is 0. The first-order chi connectivity index (χ1) is 12.9. The van der Waals surface area contributed by atoms with Crippen molar-refractivity contribution < 1.29 is 27.4 Å². The highest BCUT2D eigenvalue weighted by atomic mass is 32.2. The van der Waals surface area contributed by atoms with Crippen molar-refractivity contribution in [1.82, 2.24) is 4.90 Å². The lowest BCUT2D eigenvalue weighted by Crippen LogP contribution is -2.48. The van der Waals surface area contributed by atoms with Gasteiger partial charge >= 0.3 is 0 Å². The highest BCUT2D eigenvalue weighted by molar-refractivity contribution is 7.91. The number of carbonyl (C=O) groups excluding carboxylic acids is 1. The molecule has 1 atom stereocenters. The first-order valence-electron chi connectivity index (χ1n) is 9.30. The molecule has 1 unspecified atom stereocenters. The van der Waals surface area contributed by atoms with Crippen LogP contribution in [-0.4, -0.2) is 63.6 Å². The van der Waals surface area contributed by atoms with Crippen molar-refractivity contribution in [3.8, 4) is 17.2 Å². The van der Waals surface area contributed by atoms with Crippen LogP contribution in [0.1, 0.15) is 32.1 Å². The molecule has 1 saturated heterocycles. The van der Waals surface area contributed by atoms with Crippen LogP contribution in [0, 0.1) is 0 Å². The van der Waals surface area contributed by atoms with Gasteiger partial charge in [0, 0.05) is 12.1 Å². The van der Waals surface area contributed by atoms with Crippen LogP contribution in [0.2, 0.25) is 0 Å². The van der Waals surface area contributed by atoms with E-state index in [-0.39, 0.29) is 36.1 Å². The molecule has 1 aliphatic carbocycles. The summed E-state index contributed by atoms with van der Waals surface area (Å²) in [6, 6.07) is 5.09. The summed E-state index contributed by atoms with van der Waals surface area (Å²) in [5, 5.41) is 0. The lowest BCUT2D eigenvalue weighted by Gasteiger charge is -2.34. The molecule has 1 aromatic carbocycles. The molecule has 0 aromatic heterocycles. The number of sulfone groups is 1. The Morgan fingerprint density at radius 1 is 1.07 bits per heavy atom. The fourth-order valence-electron chi connectivity index (χ4n) is 4.05. The number of amides is 1. The van der Waals surface area contributed by atoms with Gasteiger partial charge in [-0.05, 0) is 31.4 Å². The van der Waals surface area contributed by atoms with E-state index < -0.39 is 9.84 Å². The zero-order valence-electron chi connectivity index (χ0n) is 15.8. The summed E-state index contributed by atoms with van der Waals surface area (Å²) in [7, 11) is -0.0158. The Labute approximate surface area is 160 Å². The number of para-hydroxylation sites is 1. The number of benzene rings is 1. The third-order valence-corrected chi connectivity index (χ3v) is 7.08. The molecule has 1 amide bonds. The number of hydrogen-bond donors (Lipinski definition) is 0. The minimum Gasteiger partial charge on any atom is -0.493 e. The van der Waals surface area contributed by atoms with Crippen molar-refractivity contribution in [3.63, 3.8) is 0 Å². The highest BCUT2D eigenvalue weighted by Crippen LogP contribution is 2.37. The van der Waals surface area contributed by atoms with Crippen LogP contribution in [0.3, 0.4) is 0 Å². The SMILES string of the molecule is COc1cccc(OC)c1OCC(=O)N(C1CCCC1)C1CCS(=O)(=O)C1. The van der Waals surface area contributed by atoms with Gasteiger partial charge in [0.15, 0.2) is 27.9 Å². The third-order valence-electron chi connectivity index (χ3n) is 5.33. The smallest absolute Gasteiger partial charge is 0.261 e. The average Bonchev–Trinajstić information content (AvgIpc) is 3.29. The Bertz CT molecular complexity index is 750. The van der Waals surface area contributed by atoms with Crippen molar-refractivity contribution in [2.24, 2.45) is 0 Å². The maximum absolute atomic E-state index is 13.0. The third kappa shape index (κ3) is 4.48. The van der Waals surface area contributed by atoms with Gasteiger partial charge < -0.3 is 19.1 Å². The molecule has 0 radical (unpaired) electrons. The second kappa shape index (κ2) is 8.37. The Balaban J connectivity index is 1.75. The van der Waals surface area contributed by atoms with Gasteiger partial charge in [-0.15, -0.1) is 0 Å². The average molecular weight is 397 g/mol. The number of carbonyl (C=O) groups is 1. The van der Waals surface area contributed by atoms with Crippen molar-refractivity contribution in [2.45, 2.75) is 44.2 Å². The fraction of sp³-hybridized carbons (Fsp3) is 0.632. The van der Waals surface area contributed by atoms with E-state index in [2.05, 4.69) is 0 Å². The van der Waals surface area contributed by atoms with Crippen molar-refractivity contribution in [1.29, 1.82) is 0 Å². The molecule has 2 aliphatic rings. The van der Waals surface area contributed by atoms with Crippen molar-refractivity contribution >= 4 is 15.7 Å². The van der Waals surface area contributed by atoms with Gasteiger partial charge in [0.1, 0.15) is 0 Å². The van der Waals surface area contributed by atoms with E-state index in [1.54, 1.807) is 23.1 Å². The maximum Gasteiger partial charge on any atom is 0.261 e. The number of nitrogens with zero attached hydrogens (tertiary/aromatic N) is 1. The van der Waals surface area contributed by atoms with Gasteiger partial charge in [-0.25, -0.2) is 8.42 Å². The van der Waals surface area contributed by atoms with Crippen LogP contribution in [0.25, 0.3) is 0 Å². The lowest BCUT2D eigenvalue weighted by atomic mass is 10.1. The molecule has 1 heterocycles. The monoisotopic (exact) mass is 397 g/mol. The predicted octanol–water partition coefficient (Wildman–Crippen LogP) is 2.04. The molecule has 150 valence electrons. The Morgan fingerprint density at radius 3 is 2.22 bits per heavy atom. The van der Waals surface area contributed by atoms with Crippen LogP contribution in [0.5, 0.6) is 17.2 Å². The topological polar surface area (TPSA) is 82.1 Å². The van der Waals surface area contributed by atoms with Crippen LogP contribution in [0.4, 0.5) is 0 Å². The molecule has 0 N–H and O–H groups in total. The van der Waals surface area contributed by atoms with Gasteiger partial charge in [-0.2, -0.15) is 0 Å². The van der Waals surface area contributed by atoms with Crippen LogP contribution in [-0.2, 0) is 14.6 Å². The summed E-state index contributed by atoms with van der Waals surface area (Å²) in [5.41, 5.74) is 0. The van der Waals surface area contributed by atoms with Gasteiger partial charge in [0.2, 0.25) is 5.75 Å². The predicted molar refractivity (Wildman–Crippen MR) is 101 cm³/mol. The molecule has 27 heavy (non-hydrogen) atoms. The fourth-order valence-corrected chi connectivity index (χ4v) is 5.76. The van der Waals surface area contributed by atoms with E-state index in [9.17, 15) is 13.2 Å². The number of methoxy groups -OCH3 is 2. The lowest BCUT2D eigenvalue weighted by molar-refractivity contribution is -0.137. The van der Waals surface area contributed by atoms with E-state index in [0.29, 0.717) is 23.7 Å². The second-order valence-electron chi connectivity index (χ2n) is 7.08. The molecule has 7 nitrogen and oxygen atoms in total. The zero-order valence-corrected chi connectivity index (χ0v) is 16.7. The number of hydrogen-bond acceptors (Lipinski definition) is 6. The van der Waals surface area contributed by atoms with E-state index in [1.807, 2.05) is 0 Å². The summed E-state index contributed by atoms with van der Waals surface area (Å²) in [4.78, 5) is 14.8. The summed E-state index contributed by atoms with van der Waals surface area (Å²) in [6.07, 6.45) is 4.47. The Kier molecular flexibility index (Phi) is 6.14. The van der Waals surface area contributed by atoms with E-state index in [1.165, 1.54) is 14.2 Å². The molecule has 2 fully saturated rings. The molecule has 0 bridgehead atoms. The first-order valence-corrected chi connectivity index (χ1v) is 11.1. The summed E-state index contributed by atoms with van der Waals surface area (Å²) < 4.78 is 40.2.